The highest BCUT2D eigenvalue weighted by Gasteiger charge is 2.60. The number of nitro benzene ring substituents is 1. The third-order valence-corrected chi connectivity index (χ3v) is 5.26. The van der Waals surface area contributed by atoms with Crippen LogP contribution in [0.5, 0.6) is 11.5 Å². The number of nitro groups is 1. The van der Waals surface area contributed by atoms with Crippen LogP contribution in [0.4, 0.5) is 33.3 Å². The van der Waals surface area contributed by atoms with Crippen LogP contribution in [0.2, 0.25) is 0 Å². The lowest BCUT2D eigenvalue weighted by molar-refractivity contribution is -0.384. The van der Waals surface area contributed by atoms with Gasteiger partial charge < -0.3 is 10.1 Å². The van der Waals surface area contributed by atoms with Crippen molar-refractivity contribution in [3.63, 3.8) is 0 Å². The maximum atomic E-state index is 14.1. The van der Waals surface area contributed by atoms with Crippen LogP contribution in [0.3, 0.4) is 0 Å². The van der Waals surface area contributed by atoms with Crippen molar-refractivity contribution in [2.24, 2.45) is 0 Å². The van der Waals surface area contributed by atoms with E-state index in [1.54, 1.807) is 12.1 Å². The zero-order valence-corrected chi connectivity index (χ0v) is 19.9. The molecule has 0 spiro atoms. The molecule has 198 valence electrons. The highest BCUT2D eigenvalue weighted by atomic mass is 19.4. The molecule has 1 amide bonds. The summed E-state index contributed by atoms with van der Waals surface area (Å²) in [5.41, 5.74) is -1.43. The topological polar surface area (TPSA) is 112 Å². The number of alkyl halides is 5. The number of nitrogens with zero attached hydrogens (tertiary/aromatic N) is 4. The summed E-state index contributed by atoms with van der Waals surface area (Å²) in [4.78, 5) is 27.4. The van der Waals surface area contributed by atoms with Crippen molar-refractivity contribution in [1.29, 1.82) is 0 Å². The first-order chi connectivity index (χ1) is 17.6. The molecule has 0 saturated heterocycles. The standard InChI is InChI=1S/C24H18F5N5O4/c1-12-4-13(2)6-17(5-12)38-18-9-15(8-16(10-18)34(36)37)31-22(35)19-11-21-30-14(3)7-20(33(21)32-19)23(25,26)24(27,28)29/h4-11H,1-3H3,(H,31,35). The molecular weight excluding hydrogens is 517 g/mol. The Morgan fingerprint density at radius 3 is 2.18 bits per heavy atom. The summed E-state index contributed by atoms with van der Waals surface area (Å²) in [6.07, 6.45) is -5.92. The van der Waals surface area contributed by atoms with Gasteiger partial charge in [0.15, 0.2) is 11.3 Å². The van der Waals surface area contributed by atoms with Crippen LogP contribution in [0.15, 0.2) is 48.5 Å². The number of anilines is 1. The van der Waals surface area contributed by atoms with E-state index in [1.807, 2.05) is 19.9 Å². The van der Waals surface area contributed by atoms with E-state index >= 15 is 0 Å². The average molecular weight is 535 g/mol. The van der Waals surface area contributed by atoms with Crippen LogP contribution < -0.4 is 10.1 Å². The van der Waals surface area contributed by atoms with Crippen molar-refractivity contribution in [3.8, 4) is 11.5 Å². The molecule has 0 fully saturated rings. The summed E-state index contributed by atoms with van der Waals surface area (Å²) >= 11 is 0. The molecule has 2 aromatic heterocycles. The van der Waals surface area contributed by atoms with Gasteiger partial charge >= 0.3 is 12.1 Å². The highest BCUT2D eigenvalue weighted by molar-refractivity contribution is 6.03. The number of amides is 1. The Labute approximate surface area is 211 Å². The molecule has 0 unspecified atom stereocenters. The molecule has 4 rings (SSSR count). The second-order valence-corrected chi connectivity index (χ2v) is 8.51. The largest absolute Gasteiger partial charge is 0.459 e. The van der Waals surface area contributed by atoms with E-state index in [-0.39, 0.29) is 21.6 Å². The van der Waals surface area contributed by atoms with Gasteiger partial charge in [-0.2, -0.15) is 27.1 Å². The first kappa shape index (κ1) is 26.4. The minimum absolute atomic E-state index is 0.0129. The predicted molar refractivity (Wildman–Crippen MR) is 125 cm³/mol. The van der Waals surface area contributed by atoms with E-state index in [9.17, 15) is 36.9 Å². The van der Waals surface area contributed by atoms with Gasteiger partial charge in [0.25, 0.3) is 11.6 Å². The number of non-ortho nitro benzene ring substituents is 1. The fraction of sp³-hybridized carbons (Fsp3) is 0.208. The lowest BCUT2D eigenvalue weighted by atomic mass is 10.1. The Kier molecular flexibility index (Phi) is 6.51. The molecule has 14 heteroatoms. The van der Waals surface area contributed by atoms with Crippen molar-refractivity contribution in [2.45, 2.75) is 32.9 Å². The number of aromatic nitrogens is 3. The Balaban J connectivity index is 1.69. The van der Waals surface area contributed by atoms with Crippen LogP contribution in [0.25, 0.3) is 5.65 Å². The van der Waals surface area contributed by atoms with Gasteiger partial charge in [-0.3, -0.25) is 14.9 Å². The number of nitrogens with one attached hydrogen (secondary N) is 1. The molecular formula is C24H18F5N5O4. The molecule has 4 aromatic rings. The third kappa shape index (κ3) is 5.23. The molecule has 2 heterocycles. The summed E-state index contributed by atoms with van der Waals surface area (Å²) in [5, 5.41) is 17.4. The molecule has 0 aliphatic carbocycles. The predicted octanol–water partition coefficient (Wildman–Crippen LogP) is 6.26. The zero-order chi connectivity index (χ0) is 28.0. The molecule has 0 bridgehead atoms. The van der Waals surface area contributed by atoms with Gasteiger partial charge in [-0.25, -0.2) is 9.50 Å². The Hall–Kier alpha value is -4.62. The lowest BCUT2D eigenvalue weighted by Crippen LogP contribution is -2.36. The minimum atomic E-state index is -5.92. The first-order valence-corrected chi connectivity index (χ1v) is 10.8. The van der Waals surface area contributed by atoms with Crippen LogP contribution in [0.1, 0.15) is 33.0 Å². The smallest absolute Gasteiger partial charge is 0.457 e. The monoisotopic (exact) mass is 535 g/mol. The van der Waals surface area contributed by atoms with E-state index in [2.05, 4.69) is 15.4 Å². The molecule has 9 nitrogen and oxygen atoms in total. The summed E-state index contributed by atoms with van der Waals surface area (Å²) in [7, 11) is 0. The normalized spacial score (nSPS) is 12.0. The summed E-state index contributed by atoms with van der Waals surface area (Å²) in [6, 6.07) is 10.2. The van der Waals surface area contributed by atoms with Crippen molar-refractivity contribution >= 4 is 22.9 Å². The van der Waals surface area contributed by atoms with Crippen molar-refractivity contribution in [3.05, 3.63) is 86.9 Å². The molecule has 0 atom stereocenters. The fourth-order valence-electron chi connectivity index (χ4n) is 3.72. The van der Waals surface area contributed by atoms with Gasteiger partial charge in [0.05, 0.1) is 16.7 Å². The second kappa shape index (κ2) is 9.36. The van der Waals surface area contributed by atoms with Crippen LogP contribution in [-0.4, -0.2) is 31.6 Å². The van der Waals surface area contributed by atoms with Gasteiger partial charge in [-0.15, -0.1) is 0 Å². The summed E-state index contributed by atoms with van der Waals surface area (Å²) < 4.78 is 73.3. The molecule has 38 heavy (non-hydrogen) atoms. The Bertz CT molecular complexity index is 1560. The zero-order valence-electron chi connectivity index (χ0n) is 19.9. The summed E-state index contributed by atoms with van der Waals surface area (Å²) in [6.45, 7) is 4.88. The van der Waals surface area contributed by atoms with Gasteiger partial charge in [0, 0.05) is 23.9 Å². The van der Waals surface area contributed by atoms with Gasteiger partial charge in [-0.05, 0) is 50.1 Å². The van der Waals surface area contributed by atoms with Crippen LogP contribution >= 0.6 is 0 Å². The Morgan fingerprint density at radius 1 is 0.947 bits per heavy atom. The number of benzene rings is 2. The SMILES string of the molecule is Cc1cc(C)cc(Oc2cc(NC(=O)c3cc4nc(C)cc(C(F)(F)C(F)(F)F)n4n3)cc([N+](=O)[O-])c2)c1. The molecule has 0 aliphatic heterocycles. The number of hydrogen-bond donors (Lipinski definition) is 1. The van der Waals surface area contributed by atoms with Crippen molar-refractivity contribution in [1.82, 2.24) is 14.6 Å². The second-order valence-electron chi connectivity index (χ2n) is 8.51. The molecule has 0 saturated carbocycles. The number of fused-ring (bicyclic) bond motifs is 1. The number of aryl methyl sites for hydroxylation is 3. The van der Waals surface area contributed by atoms with Crippen LogP contribution in [-0.2, 0) is 5.92 Å². The lowest BCUT2D eigenvalue weighted by Gasteiger charge is -2.20. The van der Waals surface area contributed by atoms with Gasteiger partial charge in [0.2, 0.25) is 0 Å². The maximum absolute atomic E-state index is 14.1. The third-order valence-electron chi connectivity index (χ3n) is 5.26. The minimum Gasteiger partial charge on any atom is -0.457 e. The molecule has 0 aliphatic rings. The van der Waals surface area contributed by atoms with E-state index < -0.39 is 45.7 Å². The van der Waals surface area contributed by atoms with Crippen molar-refractivity contribution in [2.75, 3.05) is 5.32 Å². The van der Waals surface area contributed by atoms with E-state index in [4.69, 9.17) is 4.74 Å². The van der Waals surface area contributed by atoms with Gasteiger partial charge in [-0.1, -0.05) is 6.07 Å². The van der Waals surface area contributed by atoms with Crippen molar-refractivity contribution < 1.29 is 36.4 Å². The quantitative estimate of drug-likeness (QED) is 0.177. The number of ether oxygens (including phenoxy) is 1. The number of carbonyl (C=O) groups excluding carboxylic acids is 1. The average Bonchev–Trinajstić information content (AvgIpc) is 3.20. The fourth-order valence-corrected chi connectivity index (χ4v) is 3.72. The number of rotatable bonds is 6. The van der Waals surface area contributed by atoms with E-state index in [0.29, 0.717) is 11.8 Å². The number of halogens is 5. The van der Waals surface area contributed by atoms with Crippen LogP contribution in [0, 0.1) is 30.9 Å². The van der Waals surface area contributed by atoms with E-state index in [0.717, 1.165) is 29.3 Å². The first-order valence-electron chi connectivity index (χ1n) is 10.8. The Morgan fingerprint density at radius 2 is 1.58 bits per heavy atom. The maximum Gasteiger partial charge on any atom is 0.459 e. The highest BCUT2D eigenvalue weighted by Crippen LogP contribution is 2.44. The van der Waals surface area contributed by atoms with E-state index in [1.165, 1.54) is 13.0 Å². The number of carbonyl (C=O) groups is 1. The molecule has 0 radical (unpaired) electrons. The number of hydrogen-bond acceptors (Lipinski definition) is 6. The molecule has 1 N–H and O–H groups in total. The summed E-state index contributed by atoms with van der Waals surface area (Å²) in [5.74, 6) is -5.91. The van der Waals surface area contributed by atoms with Gasteiger partial charge in [0.1, 0.15) is 17.2 Å². The molecule has 2 aromatic carbocycles.